The first kappa shape index (κ1) is 8.01. The molecule has 0 saturated carbocycles. The Hall–Kier alpha value is -0.610. The van der Waals surface area contributed by atoms with Gasteiger partial charge in [0.25, 0.3) is 0 Å². The number of fused-ring (bicyclic) bond motifs is 1. The van der Waals surface area contributed by atoms with Crippen molar-refractivity contribution in [3.05, 3.63) is 16.0 Å². The Labute approximate surface area is 77.9 Å². The van der Waals surface area contributed by atoms with Gasteiger partial charge in [0.1, 0.15) is 17.1 Å². The van der Waals surface area contributed by atoms with Crippen molar-refractivity contribution in [2.24, 2.45) is 0 Å². The second-order valence-corrected chi connectivity index (χ2v) is 3.09. The van der Waals surface area contributed by atoms with Gasteiger partial charge in [-0.05, 0) is 11.6 Å². The molecular formula is C6H4Cl2FN3. The van der Waals surface area contributed by atoms with Gasteiger partial charge in [-0.15, -0.1) is 0 Å². The fraction of sp³-hybridized carbons (Fsp3) is 0.333. The maximum Gasteiger partial charge on any atom is 0.225 e. The second-order valence-electron chi connectivity index (χ2n) is 2.39. The summed E-state index contributed by atoms with van der Waals surface area (Å²) in [5.74, 6) is 0.396. The maximum absolute atomic E-state index is 13.0. The molecule has 3 nitrogen and oxygen atoms in total. The van der Waals surface area contributed by atoms with Crippen molar-refractivity contribution >= 4 is 29.0 Å². The van der Waals surface area contributed by atoms with Gasteiger partial charge >= 0.3 is 0 Å². The highest BCUT2D eigenvalue weighted by Gasteiger charge is 2.27. The molecule has 0 saturated heterocycles. The van der Waals surface area contributed by atoms with Crippen molar-refractivity contribution in [2.75, 3.05) is 11.9 Å². The van der Waals surface area contributed by atoms with E-state index in [0.29, 0.717) is 11.4 Å². The minimum Gasteiger partial charge on any atom is -0.366 e. The molecule has 1 unspecified atom stereocenters. The van der Waals surface area contributed by atoms with E-state index >= 15 is 0 Å². The van der Waals surface area contributed by atoms with Crippen LogP contribution in [0.25, 0.3) is 0 Å². The third-order valence-corrected chi connectivity index (χ3v) is 2.09. The van der Waals surface area contributed by atoms with Gasteiger partial charge in [-0.1, -0.05) is 11.6 Å². The van der Waals surface area contributed by atoms with Gasteiger partial charge < -0.3 is 5.32 Å². The van der Waals surface area contributed by atoms with E-state index in [-0.39, 0.29) is 17.0 Å². The van der Waals surface area contributed by atoms with E-state index in [1.165, 1.54) is 0 Å². The summed E-state index contributed by atoms with van der Waals surface area (Å²) in [5.41, 5.74) is 0.307. The summed E-state index contributed by atoms with van der Waals surface area (Å²) in [6.45, 7) is 0.185. The molecule has 1 aliphatic heterocycles. The van der Waals surface area contributed by atoms with Crippen LogP contribution < -0.4 is 5.32 Å². The number of nitrogens with one attached hydrogen (secondary N) is 1. The molecule has 0 amide bonds. The Morgan fingerprint density at radius 2 is 2.17 bits per heavy atom. The molecule has 1 aromatic heterocycles. The third kappa shape index (κ3) is 1.11. The molecule has 2 heterocycles. The lowest BCUT2D eigenvalue weighted by atomic mass is 10.2. The number of anilines is 1. The van der Waals surface area contributed by atoms with Gasteiger partial charge in [0, 0.05) is 0 Å². The summed E-state index contributed by atoms with van der Waals surface area (Å²) < 4.78 is 13.0. The monoisotopic (exact) mass is 207 g/mol. The van der Waals surface area contributed by atoms with Crippen molar-refractivity contribution in [1.82, 2.24) is 9.97 Å². The molecule has 0 aromatic carbocycles. The fourth-order valence-electron chi connectivity index (χ4n) is 1.12. The van der Waals surface area contributed by atoms with E-state index in [4.69, 9.17) is 23.2 Å². The molecule has 6 heteroatoms. The standard InChI is InChI=1S/C6H4Cl2FN3/c7-4-3-2(9)1-10-5(3)12-6(8)11-4/h2H,1H2,(H,10,11,12). The predicted molar refractivity (Wildman–Crippen MR) is 44.4 cm³/mol. The highest BCUT2D eigenvalue weighted by Crippen LogP contribution is 2.35. The van der Waals surface area contributed by atoms with Gasteiger partial charge in [0.05, 0.1) is 12.1 Å². The Kier molecular flexibility index (Phi) is 1.81. The van der Waals surface area contributed by atoms with Crippen LogP contribution in [0.1, 0.15) is 11.7 Å². The lowest BCUT2D eigenvalue weighted by Crippen LogP contribution is -1.95. The number of hydrogen-bond acceptors (Lipinski definition) is 3. The average molecular weight is 208 g/mol. The molecular weight excluding hydrogens is 204 g/mol. The average Bonchev–Trinajstić information content (AvgIpc) is 2.31. The minimum atomic E-state index is -1.13. The molecule has 1 N–H and O–H groups in total. The molecule has 0 bridgehead atoms. The van der Waals surface area contributed by atoms with Gasteiger partial charge in [-0.25, -0.2) is 14.4 Å². The van der Waals surface area contributed by atoms with Crippen molar-refractivity contribution in [3.8, 4) is 0 Å². The van der Waals surface area contributed by atoms with E-state index in [9.17, 15) is 4.39 Å². The van der Waals surface area contributed by atoms with Crippen LogP contribution in [0.3, 0.4) is 0 Å². The van der Waals surface area contributed by atoms with Crippen molar-refractivity contribution < 1.29 is 4.39 Å². The van der Waals surface area contributed by atoms with Crippen LogP contribution >= 0.6 is 23.2 Å². The Bertz CT molecular complexity index is 331. The van der Waals surface area contributed by atoms with Gasteiger partial charge in [0.15, 0.2) is 0 Å². The summed E-state index contributed by atoms with van der Waals surface area (Å²) in [4.78, 5) is 7.42. The van der Waals surface area contributed by atoms with Crippen LogP contribution in [-0.4, -0.2) is 16.5 Å². The first-order valence-electron chi connectivity index (χ1n) is 3.29. The first-order chi connectivity index (χ1) is 5.68. The summed E-state index contributed by atoms with van der Waals surface area (Å²) in [5, 5.41) is 2.85. The number of halogens is 3. The molecule has 1 aromatic rings. The van der Waals surface area contributed by atoms with Crippen LogP contribution in [-0.2, 0) is 0 Å². The van der Waals surface area contributed by atoms with Gasteiger partial charge in [-0.3, -0.25) is 0 Å². The number of rotatable bonds is 0. The van der Waals surface area contributed by atoms with Crippen LogP contribution in [0.15, 0.2) is 0 Å². The van der Waals surface area contributed by atoms with E-state index in [1.807, 2.05) is 0 Å². The topological polar surface area (TPSA) is 37.8 Å². The van der Waals surface area contributed by atoms with E-state index in [2.05, 4.69) is 15.3 Å². The zero-order chi connectivity index (χ0) is 8.72. The summed E-state index contributed by atoms with van der Waals surface area (Å²) in [6, 6.07) is 0. The minimum absolute atomic E-state index is 0.0281. The molecule has 2 rings (SSSR count). The Morgan fingerprint density at radius 1 is 1.42 bits per heavy atom. The van der Waals surface area contributed by atoms with Crippen molar-refractivity contribution in [2.45, 2.75) is 6.17 Å². The largest absolute Gasteiger partial charge is 0.366 e. The van der Waals surface area contributed by atoms with Crippen molar-refractivity contribution in [1.29, 1.82) is 0 Å². The molecule has 0 spiro atoms. The molecule has 0 aliphatic carbocycles. The quantitative estimate of drug-likeness (QED) is 0.524. The molecule has 0 fully saturated rings. The zero-order valence-corrected chi connectivity index (χ0v) is 7.32. The fourth-order valence-corrected chi connectivity index (χ4v) is 1.62. The number of alkyl halides is 1. The van der Waals surface area contributed by atoms with Crippen LogP contribution in [0.4, 0.5) is 10.2 Å². The summed E-state index contributed by atoms with van der Waals surface area (Å²) >= 11 is 11.2. The number of aromatic nitrogens is 2. The summed E-state index contributed by atoms with van der Waals surface area (Å²) in [7, 11) is 0. The Balaban J connectivity index is 2.60. The Morgan fingerprint density at radius 3 is 2.92 bits per heavy atom. The third-order valence-electron chi connectivity index (χ3n) is 1.63. The molecule has 12 heavy (non-hydrogen) atoms. The highest BCUT2D eigenvalue weighted by molar-refractivity contribution is 6.32. The van der Waals surface area contributed by atoms with E-state index < -0.39 is 6.17 Å². The predicted octanol–water partition coefficient (Wildman–Crippen LogP) is 2.22. The number of hydrogen-bond donors (Lipinski definition) is 1. The van der Waals surface area contributed by atoms with E-state index in [0.717, 1.165) is 0 Å². The smallest absolute Gasteiger partial charge is 0.225 e. The first-order valence-corrected chi connectivity index (χ1v) is 4.05. The van der Waals surface area contributed by atoms with Crippen molar-refractivity contribution in [3.63, 3.8) is 0 Å². The lowest BCUT2D eigenvalue weighted by molar-refractivity contribution is 0.373. The van der Waals surface area contributed by atoms with Gasteiger partial charge in [-0.2, -0.15) is 0 Å². The highest BCUT2D eigenvalue weighted by atomic mass is 35.5. The van der Waals surface area contributed by atoms with Crippen LogP contribution in [0, 0.1) is 0 Å². The molecule has 1 atom stereocenters. The zero-order valence-electron chi connectivity index (χ0n) is 5.81. The molecule has 0 radical (unpaired) electrons. The summed E-state index contributed by atoms with van der Waals surface area (Å²) in [6.07, 6.45) is -1.13. The lowest BCUT2D eigenvalue weighted by Gasteiger charge is -2.00. The normalized spacial score (nSPS) is 20.4. The second kappa shape index (κ2) is 2.71. The van der Waals surface area contributed by atoms with Crippen LogP contribution in [0.5, 0.6) is 0 Å². The molecule has 64 valence electrons. The maximum atomic E-state index is 13.0. The molecule has 1 aliphatic rings. The SMILES string of the molecule is FC1CNc2nc(Cl)nc(Cl)c21. The van der Waals surface area contributed by atoms with Crippen LogP contribution in [0.2, 0.25) is 10.4 Å². The number of nitrogens with zero attached hydrogens (tertiary/aromatic N) is 2. The van der Waals surface area contributed by atoms with E-state index in [1.54, 1.807) is 0 Å². The van der Waals surface area contributed by atoms with Gasteiger partial charge in [0.2, 0.25) is 5.28 Å².